The van der Waals surface area contributed by atoms with E-state index in [1.54, 1.807) is 0 Å². The van der Waals surface area contributed by atoms with Crippen LogP contribution in [0.5, 0.6) is 5.75 Å². The standard InChI is InChI=1S/C15H17NO/c1-2-13-10-16-9-12-8-7-11-5-3-4-6-14(11)15(12)17-13/h3-8,13,16H,2,9-10H2,1H3/t13-/m1/s1. The SMILES string of the molecule is CC[C@@H]1CNCc2ccc3ccccc3c2O1. The van der Waals surface area contributed by atoms with E-state index in [0.29, 0.717) is 0 Å². The molecular formula is C15H17NO. The number of hydrogen-bond donors (Lipinski definition) is 1. The normalized spacial score (nSPS) is 19.5. The first-order chi connectivity index (χ1) is 8.38. The molecule has 1 aliphatic rings. The van der Waals surface area contributed by atoms with Crippen LogP contribution in [0, 0.1) is 0 Å². The minimum atomic E-state index is 0.280. The van der Waals surface area contributed by atoms with Crippen LogP contribution in [0.1, 0.15) is 18.9 Å². The van der Waals surface area contributed by atoms with E-state index in [1.165, 1.54) is 16.3 Å². The monoisotopic (exact) mass is 227 g/mol. The van der Waals surface area contributed by atoms with E-state index in [4.69, 9.17) is 4.74 Å². The number of ether oxygens (including phenoxy) is 1. The Labute approximate surface area is 102 Å². The van der Waals surface area contributed by atoms with Crippen LogP contribution >= 0.6 is 0 Å². The highest BCUT2D eigenvalue weighted by Crippen LogP contribution is 2.32. The fraction of sp³-hybridized carbons (Fsp3) is 0.333. The number of rotatable bonds is 1. The summed E-state index contributed by atoms with van der Waals surface area (Å²) in [5, 5.41) is 5.93. The Kier molecular flexibility index (Phi) is 2.73. The van der Waals surface area contributed by atoms with Gasteiger partial charge in [0.1, 0.15) is 11.9 Å². The van der Waals surface area contributed by atoms with Crippen LogP contribution in [0.4, 0.5) is 0 Å². The predicted octanol–water partition coefficient (Wildman–Crippen LogP) is 3.10. The molecule has 1 aliphatic heterocycles. The third-order valence-corrected chi connectivity index (χ3v) is 3.39. The molecule has 0 aromatic heterocycles. The van der Waals surface area contributed by atoms with Crippen molar-refractivity contribution in [2.75, 3.05) is 6.54 Å². The summed E-state index contributed by atoms with van der Waals surface area (Å²) in [6, 6.07) is 12.8. The van der Waals surface area contributed by atoms with Gasteiger partial charge in [-0.15, -0.1) is 0 Å². The molecule has 2 aromatic rings. The Morgan fingerprint density at radius 3 is 3.00 bits per heavy atom. The van der Waals surface area contributed by atoms with Gasteiger partial charge in [-0.2, -0.15) is 0 Å². The molecule has 1 N–H and O–H groups in total. The Balaban J connectivity index is 2.16. The molecule has 0 fully saturated rings. The average Bonchev–Trinajstić information content (AvgIpc) is 2.60. The summed E-state index contributed by atoms with van der Waals surface area (Å²) >= 11 is 0. The molecule has 3 rings (SSSR count). The van der Waals surface area contributed by atoms with Crippen molar-refractivity contribution >= 4 is 10.8 Å². The maximum Gasteiger partial charge on any atom is 0.132 e. The fourth-order valence-corrected chi connectivity index (χ4v) is 2.37. The van der Waals surface area contributed by atoms with Gasteiger partial charge in [-0.05, 0) is 11.8 Å². The fourth-order valence-electron chi connectivity index (χ4n) is 2.37. The molecular weight excluding hydrogens is 210 g/mol. The second kappa shape index (κ2) is 4.38. The van der Waals surface area contributed by atoms with Crippen LogP contribution in [-0.2, 0) is 6.54 Å². The largest absolute Gasteiger partial charge is 0.488 e. The van der Waals surface area contributed by atoms with Crippen molar-refractivity contribution < 1.29 is 4.74 Å². The zero-order chi connectivity index (χ0) is 11.7. The molecule has 0 aliphatic carbocycles. The van der Waals surface area contributed by atoms with Crippen molar-refractivity contribution in [1.82, 2.24) is 5.32 Å². The van der Waals surface area contributed by atoms with Gasteiger partial charge in [-0.25, -0.2) is 0 Å². The van der Waals surface area contributed by atoms with Gasteiger partial charge in [0, 0.05) is 24.0 Å². The summed E-state index contributed by atoms with van der Waals surface area (Å²) in [6.07, 6.45) is 1.32. The summed E-state index contributed by atoms with van der Waals surface area (Å²) in [4.78, 5) is 0. The van der Waals surface area contributed by atoms with Gasteiger partial charge in [0.2, 0.25) is 0 Å². The van der Waals surface area contributed by atoms with Gasteiger partial charge in [-0.1, -0.05) is 43.3 Å². The van der Waals surface area contributed by atoms with Gasteiger partial charge in [0.25, 0.3) is 0 Å². The van der Waals surface area contributed by atoms with E-state index in [2.05, 4.69) is 48.6 Å². The van der Waals surface area contributed by atoms with Crippen molar-refractivity contribution in [3.63, 3.8) is 0 Å². The lowest BCUT2D eigenvalue weighted by molar-refractivity contribution is 0.204. The summed E-state index contributed by atoms with van der Waals surface area (Å²) in [7, 11) is 0. The van der Waals surface area contributed by atoms with Crippen molar-refractivity contribution in [1.29, 1.82) is 0 Å². The first-order valence-corrected chi connectivity index (χ1v) is 6.26. The van der Waals surface area contributed by atoms with Crippen LogP contribution in [0.3, 0.4) is 0 Å². The average molecular weight is 227 g/mol. The summed E-state index contributed by atoms with van der Waals surface area (Å²) < 4.78 is 6.16. The molecule has 0 amide bonds. The Bertz CT molecular complexity index is 535. The zero-order valence-electron chi connectivity index (χ0n) is 10.1. The minimum absolute atomic E-state index is 0.280. The number of hydrogen-bond acceptors (Lipinski definition) is 2. The van der Waals surface area contributed by atoms with Crippen LogP contribution < -0.4 is 10.1 Å². The Hall–Kier alpha value is -1.54. The van der Waals surface area contributed by atoms with Crippen LogP contribution in [-0.4, -0.2) is 12.6 Å². The van der Waals surface area contributed by atoms with Gasteiger partial charge < -0.3 is 10.1 Å². The van der Waals surface area contributed by atoms with Gasteiger partial charge in [0.05, 0.1) is 0 Å². The summed E-state index contributed by atoms with van der Waals surface area (Å²) in [5.41, 5.74) is 1.26. The lowest BCUT2D eigenvalue weighted by atomic mass is 10.1. The van der Waals surface area contributed by atoms with Crippen molar-refractivity contribution in [3.8, 4) is 5.75 Å². The highest BCUT2D eigenvalue weighted by molar-refractivity contribution is 5.89. The molecule has 0 saturated carbocycles. The Morgan fingerprint density at radius 2 is 2.12 bits per heavy atom. The van der Waals surface area contributed by atoms with Gasteiger partial charge in [-0.3, -0.25) is 0 Å². The number of nitrogens with one attached hydrogen (secondary N) is 1. The molecule has 88 valence electrons. The molecule has 2 nitrogen and oxygen atoms in total. The minimum Gasteiger partial charge on any atom is -0.488 e. The van der Waals surface area contributed by atoms with E-state index < -0.39 is 0 Å². The molecule has 2 heteroatoms. The molecule has 0 unspecified atom stereocenters. The first kappa shape index (κ1) is 10.6. The smallest absolute Gasteiger partial charge is 0.132 e. The highest BCUT2D eigenvalue weighted by Gasteiger charge is 2.17. The maximum absolute atomic E-state index is 6.16. The predicted molar refractivity (Wildman–Crippen MR) is 70.4 cm³/mol. The third kappa shape index (κ3) is 1.89. The molecule has 1 heterocycles. The molecule has 0 saturated heterocycles. The van der Waals surface area contributed by atoms with E-state index in [1.807, 2.05) is 0 Å². The maximum atomic E-state index is 6.16. The van der Waals surface area contributed by atoms with Crippen molar-refractivity contribution in [2.24, 2.45) is 0 Å². The zero-order valence-corrected chi connectivity index (χ0v) is 10.1. The lowest BCUT2D eigenvalue weighted by Crippen LogP contribution is -2.27. The molecule has 17 heavy (non-hydrogen) atoms. The van der Waals surface area contributed by atoms with E-state index in [-0.39, 0.29) is 6.10 Å². The second-order valence-corrected chi connectivity index (χ2v) is 4.55. The summed E-state index contributed by atoms with van der Waals surface area (Å²) in [6.45, 7) is 4.00. The molecule has 0 radical (unpaired) electrons. The first-order valence-electron chi connectivity index (χ1n) is 6.26. The second-order valence-electron chi connectivity index (χ2n) is 4.55. The molecule has 1 atom stereocenters. The van der Waals surface area contributed by atoms with Gasteiger partial charge in [0.15, 0.2) is 0 Å². The molecule has 0 spiro atoms. The quantitative estimate of drug-likeness (QED) is 0.808. The van der Waals surface area contributed by atoms with Crippen molar-refractivity contribution in [2.45, 2.75) is 26.0 Å². The van der Waals surface area contributed by atoms with E-state index >= 15 is 0 Å². The topological polar surface area (TPSA) is 21.3 Å². The van der Waals surface area contributed by atoms with E-state index in [0.717, 1.165) is 25.3 Å². The summed E-state index contributed by atoms with van der Waals surface area (Å²) in [5.74, 6) is 1.07. The Morgan fingerprint density at radius 1 is 1.24 bits per heavy atom. The molecule has 2 aromatic carbocycles. The number of fused-ring (bicyclic) bond motifs is 3. The van der Waals surface area contributed by atoms with Crippen molar-refractivity contribution in [3.05, 3.63) is 42.0 Å². The molecule has 0 bridgehead atoms. The van der Waals surface area contributed by atoms with Crippen LogP contribution in [0.15, 0.2) is 36.4 Å². The lowest BCUT2D eigenvalue weighted by Gasteiger charge is -2.16. The number of benzene rings is 2. The highest BCUT2D eigenvalue weighted by atomic mass is 16.5. The van der Waals surface area contributed by atoms with Crippen LogP contribution in [0.25, 0.3) is 10.8 Å². The third-order valence-electron chi connectivity index (χ3n) is 3.39. The van der Waals surface area contributed by atoms with E-state index in [9.17, 15) is 0 Å². The van der Waals surface area contributed by atoms with Gasteiger partial charge >= 0.3 is 0 Å². The van der Waals surface area contributed by atoms with Crippen LogP contribution in [0.2, 0.25) is 0 Å².